The second kappa shape index (κ2) is 4.38. The van der Waals surface area contributed by atoms with Crippen molar-refractivity contribution in [2.45, 2.75) is 46.0 Å². The molecule has 0 aromatic carbocycles. The summed E-state index contributed by atoms with van der Waals surface area (Å²) in [4.78, 5) is 0. The van der Waals surface area contributed by atoms with Gasteiger partial charge in [-0.1, -0.05) is 23.3 Å². The smallest absolute Gasteiger partial charge is 0.0283 e. The van der Waals surface area contributed by atoms with Crippen LogP contribution in [0.1, 0.15) is 46.0 Å². The predicted octanol–water partition coefficient (Wildman–Crippen LogP) is 3.84. The van der Waals surface area contributed by atoms with Gasteiger partial charge in [0.25, 0.3) is 0 Å². The van der Waals surface area contributed by atoms with Crippen LogP contribution in [0.4, 0.5) is 0 Å². The average molecular weight is 150 g/mol. The van der Waals surface area contributed by atoms with Crippen LogP contribution in [0.5, 0.6) is 0 Å². The maximum Gasteiger partial charge on any atom is -0.0283 e. The van der Waals surface area contributed by atoms with Crippen LogP contribution in [0.3, 0.4) is 0 Å². The molecule has 0 nitrogen and oxygen atoms in total. The van der Waals surface area contributed by atoms with E-state index in [0.29, 0.717) is 0 Å². The van der Waals surface area contributed by atoms with Crippen molar-refractivity contribution in [2.24, 2.45) is 0 Å². The van der Waals surface area contributed by atoms with Gasteiger partial charge >= 0.3 is 0 Å². The molecule has 1 aliphatic rings. The SMILES string of the molecule is CC(C)=CCCCC=C1CC1. The van der Waals surface area contributed by atoms with E-state index in [1.54, 1.807) is 5.57 Å². The van der Waals surface area contributed by atoms with Gasteiger partial charge in [0.2, 0.25) is 0 Å². The first-order valence-corrected chi connectivity index (χ1v) is 4.60. The Morgan fingerprint density at radius 1 is 1.27 bits per heavy atom. The van der Waals surface area contributed by atoms with Gasteiger partial charge in [0.15, 0.2) is 0 Å². The van der Waals surface area contributed by atoms with Gasteiger partial charge in [-0.05, 0) is 46.0 Å². The topological polar surface area (TPSA) is 0 Å². The third-order valence-electron chi connectivity index (χ3n) is 1.93. The van der Waals surface area contributed by atoms with Crippen LogP contribution in [-0.4, -0.2) is 0 Å². The quantitative estimate of drug-likeness (QED) is 0.422. The molecule has 0 aliphatic heterocycles. The van der Waals surface area contributed by atoms with Gasteiger partial charge in [-0.3, -0.25) is 0 Å². The molecule has 0 N–H and O–H groups in total. The number of unbranched alkanes of at least 4 members (excludes halogenated alkanes) is 2. The number of rotatable bonds is 4. The summed E-state index contributed by atoms with van der Waals surface area (Å²) in [5.41, 5.74) is 3.13. The zero-order chi connectivity index (χ0) is 8.10. The van der Waals surface area contributed by atoms with Crippen molar-refractivity contribution in [3.05, 3.63) is 23.3 Å². The summed E-state index contributed by atoms with van der Waals surface area (Å²) in [7, 11) is 0. The van der Waals surface area contributed by atoms with Crippen LogP contribution in [0.25, 0.3) is 0 Å². The molecule has 1 aliphatic carbocycles. The van der Waals surface area contributed by atoms with Crippen LogP contribution >= 0.6 is 0 Å². The molecule has 0 atom stereocenters. The fraction of sp³-hybridized carbons (Fsp3) is 0.636. The van der Waals surface area contributed by atoms with E-state index in [2.05, 4.69) is 26.0 Å². The molecule has 62 valence electrons. The third-order valence-corrected chi connectivity index (χ3v) is 1.93. The maximum atomic E-state index is 2.42. The Morgan fingerprint density at radius 2 is 2.00 bits per heavy atom. The second-order valence-corrected chi connectivity index (χ2v) is 3.57. The first-order chi connectivity index (χ1) is 5.29. The summed E-state index contributed by atoms with van der Waals surface area (Å²) in [5, 5.41) is 0. The van der Waals surface area contributed by atoms with Crippen LogP contribution in [-0.2, 0) is 0 Å². The zero-order valence-corrected chi connectivity index (χ0v) is 7.69. The molecular weight excluding hydrogens is 132 g/mol. The highest BCUT2D eigenvalue weighted by Gasteiger charge is 2.08. The summed E-state index contributed by atoms with van der Waals surface area (Å²) in [6, 6.07) is 0. The summed E-state index contributed by atoms with van der Waals surface area (Å²) < 4.78 is 0. The van der Waals surface area contributed by atoms with Crippen molar-refractivity contribution < 1.29 is 0 Å². The Kier molecular flexibility index (Phi) is 3.41. The molecule has 0 saturated heterocycles. The van der Waals surface area contributed by atoms with Crippen molar-refractivity contribution in [1.29, 1.82) is 0 Å². The first kappa shape index (κ1) is 8.58. The maximum absolute atomic E-state index is 2.42. The average Bonchev–Trinajstić information content (AvgIpc) is 2.70. The van der Waals surface area contributed by atoms with E-state index in [-0.39, 0.29) is 0 Å². The highest BCUT2D eigenvalue weighted by molar-refractivity contribution is 5.15. The molecule has 0 heterocycles. The molecule has 0 unspecified atom stereocenters. The molecular formula is C11H18. The van der Waals surface area contributed by atoms with Gasteiger partial charge in [0, 0.05) is 0 Å². The Labute approximate surface area is 70.0 Å². The van der Waals surface area contributed by atoms with E-state index >= 15 is 0 Å². The van der Waals surface area contributed by atoms with Crippen molar-refractivity contribution in [3.63, 3.8) is 0 Å². The van der Waals surface area contributed by atoms with E-state index in [1.165, 1.54) is 37.7 Å². The normalized spacial score (nSPS) is 14.5. The van der Waals surface area contributed by atoms with Crippen molar-refractivity contribution >= 4 is 0 Å². The Balaban J connectivity index is 1.96. The summed E-state index contributed by atoms with van der Waals surface area (Å²) in [6.07, 6.45) is 11.4. The molecule has 0 amide bonds. The van der Waals surface area contributed by atoms with Gasteiger partial charge in [-0.2, -0.15) is 0 Å². The fourth-order valence-corrected chi connectivity index (χ4v) is 1.09. The monoisotopic (exact) mass is 150 g/mol. The lowest BCUT2D eigenvalue weighted by Gasteiger charge is -1.91. The van der Waals surface area contributed by atoms with Gasteiger partial charge in [0.05, 0.1) is 0 Å². The minimum Gasteiger partial charge on any atom is -0.0859 e. The molecule has 0 bridgehead atoms. The zero-order valence-electron chi connectivity index (χ0n) is 7.69. The standard InChI is InChI=1S/C11H18/c1-10(2)6-4-3-5-7-11-8-9-11/h6-7H,3-5,8-9H2,1-2H3. The second-order valence-electron chi connectivity index (χ2n) is 3.57. The van der Waals surface area contributed by atoms with Crippen LogP contribution < -0.4 is 0 Å². The Morgan fingerprint density at radius 3 is 2.55 bits per heavy atom. The highest BCUT2D eigenvalue weighted by Crippen LogP contribution is 2.28. The van der Waals surface area contributed by atoms with E-state index in [4.69, 9.17) is 0 Å². The molecule has 0 aromatic heterocycles. The Bertz CT molecular complexity index is 154. The molecule has 1 rings (SSSR count). The van der Waals surface area contributed by atoms with Crippen LogP contribution in [0, 0.1) is 0 Å². The van der Waals surface area contributed by atoms with Crippen LogP contribution in [0.15, 0.2) is 23.3 Å². The molecule has 1 fully saturated rings. The third kappa shape index (κ3) is 4.83. The minimum atomic E-state index is 1.26. The minimum absolute atomic E-state index is 1.26. The van der Waals surface area contributed by atoms with E-state index in [9.17, 15) is 0 Å². The van der Waals surface area contributed by atoms with Crippen LogP contribution in [0.2, 0.25) is 0 Å². The molecule has 11 heavy (non-hydrogen) atoms. The van der Waals surface area contributed by atoms with Gasteiger partial charge in [-0.25, -0.2) is 0 Å². The molecule has 0 aromatic rings. The fourth-order valence-electron chi connectivity index (χ4n) is 1.09. The highest BCUT2D eigenvalue weighted by atomic mass is 14.1. The lowest BCUT2D eigenvalue weighted by Crippen LogP contribution is -1.70. The summed E-state index contributed by atoms with van der Waals surface area (Å²) in [5.74, 6) is 0. The lowest BCUT2D eigenvalue weighted by molar-refractivity contribution is 0.861. The number of hydrogen-bond donors (Lipinski definition) is 0. The lowest BCUT2D eigenvalue weighted by atomic mass is 10.2. The molecule has 0 spiro atoms. The van der Waals surface area contributed by atoms with Crippen molar-refractivity contribution in [2.75, 3.05) is 0 Å². The van der Waals surface area contributed by atoms with Gasteiger partial charge in [-0.15, -0.1) is 0 Å². The first-order valence-electron chi connectivity index (χ1n) is 4.60. The van der Waals surface area contributed by atoms with Crippen molar-refractivity contribution in [3.8, 4) is 0 Å². The summed E-state index contributed by atoms with van der Waals surface area (Å²) in [6.45, 7) is 4.33. The molecule has 0 radical (unpaired) electrons. The Hall–Kier alpha value is -0.520. The van der Waals surface area contributed by atoms with Crippen molar-refractivity contribution in [1.82, 2.24) is 0 Å². The van der Waals surface area contributed by atoms with E-state index < -0.39 is 0 Å². The largest absolute Gasteiger partial charge is 0.0859 e. The van der Waals surface area contributed by atoms with Gasteiger partial charge < -0.3 is 0 Å². The van der Waals surface area contributed by atoms with Gasteiger partial charge in [0.1, 0.15) is 0 Å². The number of allylic oxidation sites excluding steroid dienone is 4. The van der Waals surface area contributed by atoms with E-state index in [0.717, 1.165) is 0 Å². The van der Waals surface area contributed by atoms with E-state index in [1.807, 2.05) is 0 Å². The molecule has 1 saturated carbocycles. The number of hydrogen-bond acceptors (Lipinski definition) is 0. The molecule has 0 heteroatoms. The predicted molar refractivity (Wildman–Crippen MR) is 50.6 cm³/mol. The summed E-state index contributed by atoms with van der Waals surface area (Å²) >= 11 is 0.